The van der Waals surface area contributed by atoms with Crippen molar-refractivity contribution in [2.45, 2.75) is 30.5 Å². The van der Waals surface area contributed by atoms with E-state index >= 15 is 0 Å². The Bertz CT molecular complexity index is 69.5. The van der Waals surface area contributed by atoms with Crippen LogP contribution in [-0.4, -0.2) is 6.47 Å². The molecule has 0 amide bonds. The van der Waals surface area contributed by atoms with Gasteiger partial charge in [-0.25, -0.2) is 0 Å². The van der Waals surface area contributed by atoms with Crippen molar-refractivity contribution in [1.29, 1.82) is 0 Å². The average molecular weight is 178 g/mol. The van der Waals surface area contributed by atoms with Crippen LogP contribution in [0, 0.1) is 0 Å². The molecule has 0 heterocycles. The van der Waals surface area contributed by atoms with Gasteiger partial charge in [0.25, 0.3) is 0 Å². The molecule has 0 aromatic heterocycles. The van der Waals surface area contributed by atoms with Gasteiger partial charge in [0, 0.05) is 6.47 Å². The molecular weight excluding hydrogens is 168 g/mol. The zero-order valence-corrected chi connectivity index (χ0v) is 6.04. The molecule has 0 saturated heterocycles. The summed E-state index contributed by atoms with van der Waals surface area (Å²) in [6, 6.07) is 0. The van der Waals surface area contributed by atoms with E-state index in [4.69, 9.17) is 25.9 Å². The van der Waals surface area contributed by atoms with Gasteiger partial charge in [-0.15, -0.1) is 0 Å². The maximum absolute atomic E-state index is 8.25. The second-order valence-corrected chi connectivity index (χ2v) is 2.68. The second kappa shape index (κ2) is 6.11. The van der Waals surface area contributed by atoms with Crippen molar-refractivity contribution in [3.05, 3.63) is 0 Å². The number of rotatable bonds is 0. The van der Waals surface area contributed by atoms with Crippen molar-refractivity contribution < 1.29 is 25.9 Å². The first-order valence-corrected chi connectivity index (χ1v) is 3.51. The van der Waals surface area contributed by atoms with Crippen LogP contribution in [0.4, 0.5) is 0 Å². The van der Waals surface area contributed by atoms with Crippen LogP contribution in [-0.2, 0) is 20.8 Å². The third-order valence-corrected chi connectivity index (χ3v) is 1.78. The Morgan fingerprint density at radius 1 is 1.44 bits per heavy atom. The Morgan fingerprint density at radius 2 is 1.78 bits per heavy atom. The molecule has 0 bridgehead atoms. The molecule has 0 aromatic carbocycles. The summed E-state index contributed by atoms with van der Waals surface area (Å²) < 4.78 is 0. The molecule has 57 valence electrons. The van der Waals surface area contributed by atoms with Crippen LogP contribution in [0.1, 0.15) is 25.7 Å². The van der Waals surface area contributed by atoms with Crippen LogP contribution in [0.2, 0.25) is 4.82 Å². The van der Waals surface area contributed by atoms with Gasteiger partial charge in [-0.1, -0.05) is 0 Å². The summed E-state index contributed by atoms with van der Waals surface area (Å²) in [5, 5.41) is 8.25. The number of carboxylic acid groups (broad SMARTS) is 1. The van der Waals surface area contributed by atoms with E-state index in [1.54, 1.807) is 0 Å². The molecule has 0 spiro atoms. The molecule has 0 aromatic rings. The van der Waals surface area contributed by atoms with Gasteiger partial charge >= 0.3 is 46.5 Å². The molecule has 1 rings (SSSR count). The van der Waals surface area contributed by atoms with Crippen molar-refractivity contribution in [2.24, 2.45) is 0 Å². The Balaban J connectivity index is 0.000000187. The van der Waals surface area contributed by atoms with Crippen LogP contribution >= 0.6 is 0 Å². The first-order chi connectivity index (χ1) is 4.31. The normalized spacial score (nSPS) is 18.4. The fourth-order valence-corrected chi connectivity index (χ4v) is 1.23. The summed E-state index contributed by atoms with van der Waals surface area (Å²) >= 11 is 5.14. The molecule has 2 nitrogen and oxygen atoms in total. The topological polar surface area (TPSA) is 40.1 Å². The van der Waals surface area contributed by atoms with Crippen LogP contribution in [0.25, 0.3) is 0 Å². The predicted molar refractivity (Wildman–Crippen MR) is 28.3 cm³/mol. The van der Waals surface area contributed by atoms with Crippen molar-refractivity contribution in [3.63, 3.8) is 0 Å². The summed E-state index contributed by atoms with van der Waals surface area (Å²) in [6.45, 7) is -0.500. The summed E-state index contributed by atoms with van der Waals surface area (Å²) in [6.07, 6.45) is 5.34. The first-order valence-electron chi connectivity index (χ1n) is 2.96. The van der Waals surface area contributed by atoms with Crippen molar-refractivity contribution in [2.75, 3.05) is 0 Å². The zero-order chi connectivity index (χ0) is 7.11. The van der Waals surface area contributed by atoms with E-state index in [1.807, 2.05) is 0 Å². The van der Waals surface area contributed by atoms with E-state index in [1.165, 1.54) is 25.7 Å². The summed E-state index contributed by atoms with van der Waals surface area (Å²) in [4.78, 5) is 8.86. The molecular formula is C6H10CuO2. The Kier molecular flexibility index (Phi) is 6.11. The monoisotopic (exact) mass is 177 g/mol. The molecule has 0 N–H and O–H groups in total. The van der Waals surface area contributed by atoms with Gasteiger partial charge in [0.1, 0.15) is 0 Å². The zero-order valence-electron chi connectivity index (χ0n) is 5.10. The number of carbonyl (C=O) groups excluding carboxylic acids is 1. The molecule has 0 aliphatic heterocycles. The van der Waals surface area contributed by atoms with E-state index in [-0.39, 0.29) is 0 Å². The molecule has 9 heavy (non-hydrogen) atoms. The van der Waals surface area contributed by atoms with Gasteiger partial charge in [0.15, 0.2) is 0 Å². The standard InChI is InChI=1S/C5H9.CH2O2.Cu/c1-2-4-5-3-1;2-1-3;/h1H,2-5H2;1H,(H,2,3);/q;;+1/p-1. The summed E-state index contributed by atoms with van der Waals surface area (Å²) in [5.74, 6) is 0. The van der Waals surface area contributed by atoms with Gasteiger partial charge in [-0.3, -0.25) is 0 Å². The fraction of sp³-hybridized carbons (Fsp3) is 0.833. The van der Waals surface area contributed by atoms with E-state index < -0.39 is 6.47 Å². The minimum absolute atomic E-state index is 0.500. The molecule has 0 unspecified atom stereocenters. The Morgan fingerprint density at radius 3 is 1.89 bits per heavy atom. The van der Waals surface area contributed by atoms with Crippen LogP contribution in [0.3, 0.4) is 0 Å². The van der Waals surface area contributed by atoms with Crippen LogP contribution in [0.15, 0.2) is 0 Å². The molecule has 1 saturated carbocycles. The Hall–Kier alpha value is -0.0105. The van der Waals surface area contributed by atoms with Crippen LogP contribution in [0.5, 0.6) is 0 Å². The summed E-state index contributed by atoms with van der Waals surface area (Å²) in [7, 11) is 0. The predicted octanol–water partition coefficient (Wildman–Crippen LogP) is 0.262. The van der Waals surface area contributed by atoms with Gasteiger partial charge < -0.3 is 9.90 Å². The number of carbonyl (C=O) groups is 1. The SMILES string of the molecule is O=C[O-].[Cu+][CH]1CCCC1. The van der Waals surface area contributed by atoms with Gasteiger partial charge in [-0.05, 0) is 0 Å². The third-order valence-electron chi connectivity index (χ3n) is 1.24. The Labute approximate surface area is 63.5 Å². The number of hydrogen-bond acceptors (Lipinski definition) is 2. The third kappa shape index (κ3) is 5.87. The molecule has 1 fully saturated rings. The average Bonchev–Trinajstić information content (AvgIpc) is 2.20. The van der Waals surface area contributed by atoms with Crippen molar-refractivity contribution in [1.82, 2.24) is 0 Å². The molecule has 0 atom stereocenters. The van der Waals surface area contributed by atoms with Crippen molar-refractivity contribution >= 4 is 6.47 Å². The second-order valence-electron chi connectivity index (χ2n) is 1.92. The van der Waals surface area contributed by atoms with Crippen molar-refractivity contribution in [3.8, 4) is 0 Å². The quantitative estimate of drug-likeness (QED) is 0.394. The van der Waals surface area contributed by atoms with Gasteiger partial charge in [0.05, 0.1) is 0 Å². The summed E-state index contributed by atoms with van der Waals surface area (Å²) in [5.41, 5.74) is 0. The first kappa shape index (κ1) is 8.99. The molecule has 0 radical (unpaired) electrons. The fourth-order valence-electron chi connectivity index (χ4n) is 0.845. The maximum atomic E-state index is 8.25. The van der Waals surface area contributed by atoms with E-state index in [2.05, 4.69) is 0 Å². The molecule has 1 aliphatic rings. The van der Waals surface area contributed by atoms with Crippen LogP contribution < -0.4 is 5.11 Å². The molecule has 1 aliphatic carbocycles. The molecule has 3 heteroatoms. The number of hydrogen-bond donors (Lipinski definition) is 0. The van der Waals surface area contributed by atoms with E-state index in [0.29, 0.717) is 4.82 Å². The van der Waals surface area contributed by atoms with Gasteiger partial charge in [-0.2, -0.15) is 0 Å². The van der Waals surface area contributed by atoms with E-state index in [9.17, 15) is 0 Å². The van der Waals surface area contributed by atoms with Gasteiger partial charge in [0.2, 0.25) is 0 Å². The minimum atomic E-state index is -0.500. The van der Waals surface area contributed by atoms with E-state index in [0.717, 1.165) is 0 Å².